The summed E-state index contributed by atoms with van der Waals surface area (Å²) in [6, 6.07) is 11.2. The van der Waals surface area contributed by atoms with Crippen molar-refractivity contribution in [3.63, 3.8) is 0 Å². The molecular weight excluding hydrogens is 312 g/mol. The van der Waals surface area contributed by atoms with Crippen LogP contribution in [-0.2, 0) is 4.79 Å². The summed E-state index contributed by atoms with van der Waals surface area (Å²) in [5.41, 5.74) is 4.00. The van der Waals surface area contributed by atoms with Crippen molar-refractivity contribution >= 4 is 23.6 Å². The van der Waals surface area contributed by atoms with Crippen LogP contribution in [0.25, 0.3) is 0 Å². The molecule has 0 fully saturated rings. The quantitative estimate of drug-likeness (QED) is 0.669. The van der Waals surface area contributed by atoms with Gasteiger partial charge in [0.1, 0.15) is 11.7 Å². The van der Waals surface area contributed by atoms with E-state index in [0.29, 0.717) is 11.4 Å². The molecule has 0 saturated carbocycles. The zero-order chi connectivity index (χ0) is 17.7. The van der Waals surface area contributed by atoms with Gasteiger partial charge in [-0.3, -0.25) is 19.7 Å². The summed E-state index contributed by atoms with van der Waals surface area (Å²) < 4.78 is 1.32. The van der Waals surface area contributed by atoms with Gasteiger partial charge in [0.2, 0.25) is 0 Å². The molecule has 8 heteroatoms. The fraction of sp³-hybridized carbons (Fsp3) is 0.188. The minimum Gasteiger partial charge on any atom is -0.465 e. The van der Waals surface area contributed by atoms with E-state index in [1.54, 1.807) is 43.3 Å². The van der Waals surface area contributed by atoms with Crippen molar-refractivity contribution in [1.29, 1.82) is 0 Å². The third-order valence-corrected chi connectivity index (χ3v) is 3.30. The summed E-state index contributed by atoms with van der Waals surface area (Å²) in [6.45, 7) is 3.13. The van der Waals surface area contributed by atoms with Crippen molar-refractivity contribution in [3.8, 4) is 0 Å². The Bertz CT molecular complexity index is 755. The van der Waals surface area contributed by atoms with E-state index >= 15 is 0 Å². The number of para-hydroxylation sites is 1. The van der Waals surface area contributed by atoms with Crippen molar-refractivity contribution in [2.24, 2.45) is 0 Å². The van der Waals surface area contributed by atoms with Crippen LogP contribution in [0.5, 0.6) is 0 Å². The summed E-state index contributed by atoms with van der Waals surface area (Å²) in [5.74, 6) is -0.973. The van der Waals surface area contributed by atoms with Crippen LogP contribution >= 0.6 is 0 Å². The molecule has 1 unspecified atom stereocenters. The lowest BCUT2D eigenvalue weighted by atomic mass is 10.3. The van der Waals surface area contributed by atoms with Crippen molar-refractivity contribution in [1.82, 2.24) is 9.99 Å². The van der Waals surface area contributed by atoms with Gasteiger partial charge < -0.3 is 15.7 Å². The average Bonchev–Trinajstić information content (AvgIpc) is 2.88. The molecule has 1 heterocycles. The van der Waals surface area contributed by atoms with Gasteiger partial charge in [0.25, 0.3) is 11.8 Å². The van der Waals surface area contributed by atoms with Crippen molar-refractivity contribution in [2.75, 3.05) is 10.7 Å². The van der Waals surface area contributed by atoms with Gasteiger partial charge >= 0.3 is 6.09 Å². The van der Waals surface area contributed by atoms with Crippen LogP contribution < -0.4 is 16.1 Å². The van der Waals surface area contributed by atoms with E-state index in [2.05, 4.69) is 16.1 Å². The fourth-order valence-electron chi connectivity index (χ4n) is 2.04. The highest BCUT2D eigenvalue weighted by atomic mass is 16.4. The smallest absolute Gasteiger partial charge is 0.405 e. The molecule has 0 aliphatic heterocycles. The molecule has 3 amide bonds. The average molecular weight is 330 g/mol. The highest BCUT2D eigenvalue weighted by Gasteiger charge is 2.19. The van der Waals surface area contributed by atoms with E-state index in [1.165, 1.54) is 11.6 Å². The topological polar surface area (TPSA) is 112 Å². The summed E-state index contributed by atoms with van der Waals surface area (Å²) in [6.07, 6.45) is -1.30. The Morgan fingerprint density at radius 3 is 2.38 bits per heavy atom. The molecular formula is C16H18N4O4. The van der Waals surface area contributed by atoms with Gasteiger partial charge in [-0.2, -0.15) is 0 Å². The molecule has 0 aliphatic rings. The van der Waals surface area contributed by atoms with E-state index in [9.17, 15) is 14.4 Å². The Morgan fingerprint density at radius 1 is 1.08 bits per heavy atom. The van der Waals surface area contributed by atoms with E-state index in [4.69, 9.17) is 5.11 Å². The number of nitrogens with one attached hydrogen (secondary N) is 3. The second kappa shape index (κ2) is 7.32. The molecule has 2 aromatic rings. The maximum atomic E-state index is 12.4. The second-order valence-electron chi connectivity index (χ2n) is 5.16. The highest BCUT2D eigenvalue weighted by Crippen LogP contribution is 2.11. The lowest BCUT2D eigenvalue weighted by molar-refractivity contribution is -0.118. The molecule has 8 nitrogen and oxygen atoms in total. The summed E-state index contributed by atoms with van der Waals surface area (Å²) in [4.78, 5) is 35.0. The largest absolute Gasteiger partial charge is 0.465 e. The zero-order valence-electron chi connectivity index (χ0n) is 13.2. The van der Waals surface area contributed by atoms with Gasteiger partial charge in [-0.15, -0.1) is 0 Å². The number of aryl methyl sites for hydroxylation is 1. The van der Waals surface area contributed by atoms with Crippen molar-refractivity contribution in [3.05, 3.63) is 53.9 Å². The molecule has 1 aromatic heterocycles. The molecule has 0 saturated heterocycles. The van der Waals surface area contributed by atoms with E-state index < -0.39 is 23.9 Å². The number of carbonyl (C=O) groups is 3. The Morgan fingerprint density at radius 2 is 1.75 bits per heavy atom. The number of carbonyl (C=O) groups excluding carboxylic acids is 2. The number of carboxylic acid groups (broad SMARTS) is 1. The highest BCUT2D eigenvalue weighted by molar-refractivity contribution is 6.04. The van der Waals surface area contributed by atoms with Crippen LogP contribution in [0.2, 0.25) is 0 Å². The molecule has 1 atom stereocenters. The molecule has 0 bridgehead atoms. The number of anilines is 1. The van der Waals surface area contributed by atoms with Crippen LogP contribution in [0, 0.1) is 6.92 Å². The van der Waals surface area contributed by atoms with E-state index in [0.717, 1.165) is 0 Å². The second-order valence-corrected chi connectivity index (χ2v) is 5.16. The van der Waals surface area contributed by atoms with Gasteiger partial charge in [0, 0.05) is 11.4 Å². The lowest BCUT2D eigenvalue weighted by Crippen LogP contribution is -2.44. The first kappa shape index (κ1) is 17.1. The van der Waals surface area contributed by atoms with Gasteiger partial charge in [-0.1, -0.05) is 18.2 Å². The summed E-state index contributed by atoms with van der Waals surface area (Å²) >= 11 is 0. The molecule has 0 radical (unpaired) electrons. The maximum absolute atomic E-state index is 12.4. The minimum absolute atomic E-state index is 0.229. The monoisotopic (exact) mass is 330 g/mol. The lowest BCUT2D eigenvalue weighted by Gasteiger charge is -2.16. The normalized spacial score (nSPS) is 11.4. The molecule has 0 aliphatic carbocycles. The molecule has 24 heavy (non-hydrogen) atoms. The first-order valence-corrected chi connectivity index (χ1v) is 7.23. The Labute approximate surface area is 138 Å². The summed E-state index contributed by atoms with van der Waals surface area (Å²) in [7, 11) is 0. The SMILES string of the molecule is Cc1ccc(C(=O)Nc2ccccc2)n1NC(=O)C(C)NC(=O)O. The first-order chi connectivity index (χ1) is 11.4. The predicted molar refractivity (Wildman–Crippen MR) is 88.6 cm³/mol. The molecule has 126 valence electrons. The first-order valence-electron chi connectivity index (χ1n) is 7.23. The number of hydrogen-bond donors (Lipinski definition) is 4. The van der Waals surface area contributed by atoms with Gasteiger partial charge in [-0.25, -0.2) is 4.79 Å². The maximum Gasteiger partial charge on any atom is 0.405 e. The molecule has 0 spiro atoms. The van der Waals surface area contributed by atoms with Gasteiger partial charge in [0.15, 0.2) is 0 Å². The number of aromatic nitrogens is 1. The standard InChI is InChI=1S/C16H18N4O4/c1-10-8-9-13(15(22)18-12-6-4-3-5-7-12)20(10)19-14(21)11(2)17-16(23)24/h3-9,11,17H,1-2H3,(H,18,22)(H,19,21)(H,23,24). The van der Waals surface area contributed by atoms with Gasteiger partial charge in [-0.05, 0) is 38.1 Å². The van der Waals surface area contributed by atoms with Crippen LogP contribution in [0.1, 0.15) is 23.1 Å². The number of benzene rings is 1. The van der Waals surface area contributed by atoms with E-state index in [1.807, 2.05) is 6.07 Å². The molecule has 1 aromatic carbocycles. The molecule has 4 N–H and O–H groups in total. The Balaban J connectivity index is 2.14. The minimum atomic E-state index is -1.30. The summed E-state index contributed by atoms with van der Waals surface area (Å²) in [5, 5.41) is 13.4. The molecule has 2 rings (SSSR count). The number of amides is 3. The van der Waals surface area contributed by atoms with Gasteiger partial charge in [0.05, 0.1) is 0 Å². The van der Waals surface area contributed by atoms with Crippen LogP contribution in [0.4, 0.5) is 10.5 Å². The van der Waals surface area contributed by atoms with Crippen LogP contribution in [0.3, 0.4) is 0 Å². The number of rotatable bonds is 5. The number of nitrogens with zero attached hydrogens (tertiary/aromatic N) is 1. The Kier molecular flexibility index (Phi) is 5.20. The fourth-order valence-corrected chi connectivity index (χ4v) is 2.04. The van der Waals surface area contributed by atoms with E-state index in [-0.39, 0.29) is 5.69 Å². The zero-order valence-corrected chi connectivity index (χ0v) is 13.2. The van der Waals surface area contributed by atoms with Crippen molar-refractivity contribution < 1.29 is 19.5 Å². The predicted octanol–water partition coefficient (Wildman–Crippen LogP) is 1.78. The third kappa shape index (κ3) is 4.13. The number of hydrogen-bond acceptors (Lipinski definition) is 3. The Hall–Kier alpha value is -3.29. The third-order valence-electron chi connectivity index (χ3n) is 3.30. The van der Waals surface area contributed by atoms with Crippen LogP contribution in [-0.4, -0.2) is 33.7 Å². The van der Waals surface area contributed by atoms with Crippen LogP contribution in [0.15, 0.2) is 42.5 Å². The van der Waals surface area contributed by atoms with Crippen molar-refractivity contribution in [2.45, 2.75) is 19.9 Å².